The van der Waals surface area contributed by atoms with Gasteiger partial charge in [-0.05, 0) is 42.4 Å². The standard InChI is InChI=1S/C15H16BrNS/c1-2-17-11-3-4-14-9-10-15(18-14)12-5-7-13(16)8-6-12/h3-10,17H,2,11H2,1H3. The third kappa shape index (κ3) is 3.80. The third-order valence-corrected chi connectivity index (χ3v) is 4.18. The first kappa shape index (κ1) is 13.5. The molecule has 0 aliphatic heterocycles. The van der Waals surface area contributed by atoms with Gasteiger partial charge in [-0.25, -0.2) is 0 Å². The van der Waals surface area contributed by atoms with Gasteiger partial charge in [-0.3, -0.25) is 0 Å². The molecule has 0 atom stereocenters. The highest BCUT2D eigenvalue weighted by Crippen LogP contribution is 2.29. The molecule has 0 aliphatic rings. The Kier molecular flexibility index (Phi) is 5.17. The molecule has 0 fully saturated rings. The van der Waals surface area contributed by atoms with Crippen molar-refractivity contribution in [2.24, 2.45) is 0 Å². The van der Waals surface area contributed by atoms with Gasteiger partial charge >= 0.3 is 0 Å². The van der Waals surface area contributed by atoms with E-state index >= 15 is 0 Å². The summed E-state index contributed by atoms with van der Waals surface area (Å²) in [4.78, 5) is 2.61. The molecule has 1 heterocycles. The predicted molar refractivity (Wildman–Crippen MR) is 85.0 cm³/mol. The highest BCUT2D eigenvalue weighted by molar-refractivity contribution is 9.10. The summed E-state index contributed by atoms with van der Waals surface area (Å²) >= 11 is 5.28. The average Bonchev–Trinajstić information content (AvgIpc) is 2.84. The van der Waals surface area contributed by atoms with E-state index in [9.17, 15) is 0 Å². The van der Waals surface area contributed by atoms with Crippen LogP contribution in [0.25, 0.3) is 16.5 Å². The van der Waals surface area contributed by atoms with Gasteiger partial charge in [0.1, 0.15) is 0 Å². The first-order valence-corrected chi connectivity index (χ1v) is 7.63. The smallest absolute Gasteiger partial charge is 0.0349 e. The van der Waals surface area contributed by atoms with Gasteiger partial charge in [-0.15, -0.1) is 11.3 Å². The number of hydrogen-bond donors (Lipinski definition) is 1. The van der Waals surface area contributed by atoms with Gasteiger partial charge in [0.2, 0.25) is 0 Å². The van der Waals surface area contributed by atoms with Crippen molar-refractivity contribution in [1.82, 2.24) is 5.32 Å². The summed E-state index contributed by atoms with van der Waals surface area (Å²) in [7, 11) is 0. The van der Waals surface area contributed by atoms with Crippen LogP contribution in [0.5, 0.6) is 0 Å². The Morgan fingerprint density at radius 3 is 2.67 bits per heavy atom. The first-order chi connectivity index (χ1) is 8.79. The summed E-state index contributed by atoms with van der Waals surface area (Å²) in [6.45, 7) is 4.06. The monoisotopic (exact) mass is 321 g/mol. The summed E-state index contributed by atoms with van der Waals surface area (Å²) in [6.07, 6.45) is 4.34. The molecular formula is C15H16BrNS. The molecule has 0 unspecified atom stereocenters. The number of benzene rings is 1. The van der Waals surface area contributed by atoms with E-state index in [4.69, 9.17) is 0 Å². The Morgan fingerprint density at radius 1 is 1.17 bits per heavy atom. The minimum absolute atomic E-state index is 0.933. The Hall–Kier alpha value is -0.900. The number of hydrogen-bond acceptors (Lipinski definition) is 2. The van der Waals surface area contributed by atoms with Crippen molar-refractivity contribution in [3.05, 3.63) is 51.8 Å². The molecule has 18 heavy (non-hydrogen) atoms. The van der Waals surface area contributed by atoms with Gasteiger partial charge in [0, 0.05) is 20.8 Å². The zero-order valence-corrected chi connectivity index (χ0v) is 12.7. The molecule has 1 N–H and O–H groups in total. The van der Waals surface area contributed by atoms with Crippen molar-refractivity contribution in [1.29, 1.82) is 0 Å². The number of nitrogens with one attached hydrogen (secondary N) is 1. The minimum atomic E-state index is 0.933. The first-order valence-electron chi connectivity index (χ1n) is 6.02. The number of rotatable bonds is 5. The van der Waals surface area contributed by atoms with Crippen LogP contribution in [0.15, 0.2) is 46.9 Å². The van der Waals surface area contributed by atoms with Gasteiger partial charge in [0.25, 0.3) is 0 Å². The number of likely N-dealkylation sites (N-methyl/N-ethyl adjacent to an activating group) is 1. The topological polar surface area (TPSA) is 12.0 Å². The minimum Gasteiger partial charge on any atom is -0.314 e. The Morgan fingerprint density at radius 2 is 1.94 bits per heavy atom. The lowest BCUT2D eigenvalue weighted by molar-refractivity contribution is 0.801. The van der Waals surface area contributed by atoms with E-state index in [0.29, 0.717) is 0 Å². The largest absolute Gasteiger partial charge is 0.314 e. The molecule has 2 aromatic rings. The van der Waals surface area contributed by atoms with Crippen LogP contribution in [0.4, 0.5) is 0 Å². The lowest BCUT2D eigenvalue weighted by Gasteiger charge is -1.96. The summed E-state index contributed by atoms with van der Waals surface area (Å²) in [6, 6.07) is 12.8. The lowest BCUT2D eigenvalue weighted by Crippen LogP contribution is -2.11. The zero-order chi connectivity index (χ0) is 12.8. The Labute approximate surface area is 121 Å². The summed E-state index contributed by atoms with van der Waals surface area (Å²) in [5.41, 5.74) is 1.27. The van der Waals surface area contributed by atoms with Crippen molar-refractivity contribution in [2.75, 3.05) is 13.1 Å². The quantitative estimate of drug-likeness (QED) is 0.780. The number of thiophene rings is 1. The average molecular weight is 322 g/mol. The molecule has 0 bridgehead atoms. The van der Waals surface area contributed by atoms with E-state index in [1.165, 1.54) is 15.3 Å². The molecule has 0 saturated heterocycles. The zero-order valence-electron chi connectivity index (χ0n) is 10.3. The van der Waals surface area contributed by atoms with Gasteiger partial charge < -0.3 is 5.32 Å². The maximum atomic E-state index is 3.46. The van der Waals surface area contributed by atoms with Crippen molar-refractivity contribution in [3.63, 3.8) is 0 Å². The normalized spacial score (nSPS) is 11.2. The van der Waals surface area contributed by atoms with Crippen LogP contribution in [0.1, 0.15) is 11.8 Å². The van der Waals surface area contributed by atoms with Gasteiger partial charge in [-0.2, -0.15) is 0 Å². The molecule has 0 amide bonds. The predicted octanol–water partition coefficient (Wildman–Crippen LogP) is 4.80. The van der Waals surface area contributed by atoms with Gasteiger partial charge in [0.15, 0.2) is 0 Å². The van der Waals surface area contributed by atoms with Crippen LogP contribution in [-0.2, 0) is 0 Å². The molecule has 3 heteroatoms. The fraction of sp³-hybridized carbons (Fsp3) is 0.200. The van der Waals surface area contributed by atoms with Crippen molar-refractivity contribution in [2.45, 2.75) is 6.92 Å². The molecule has 1 aromatic carbocycles. The second-order valence-electron chi connectivity index (χ2n) is 3.92. The van der Waals surface area contributed by atoms with Crippen LogP contribution in [-0.4, -0.2) is 13.1 Å². The summed E-state index contributed by atoms with van der Waals surface area (Å²) in [5, 5.41) is 3.28. The van der Waals surface area contributed by atoms with E-state index in [2.05, 4.69) is 76.7 Å². The van der Waals surface area contributed by atoms with Crippen molar-refractivity contribution in [3.8, 4) is 10.4 Å². The third-order valence-electron chi connectivity index (χ3n) is 2.55. The van der Waals surface area contributed by atoms with Gasteiger partial charge in [-0.1, -0.05) is 41.1 Å². The van der Waals surface area contributed by atoms with Crippen LogP contribution >= 0.6 is 27.3 Å². The van der Waals surface area contributed by atoms with E-state index in [0.717, 1.165) is 17.6 Å². The highest BCUT2D eigenvalue weighted by Gasteiger charge is 2.00. The van der Waals surface area contributed by atoms with Crippen LogP contribution < -0.4 is 5.32 Å². The van der Waals surface area contributed by atoms with E-state index in [-0.39, 0.29) is 0 Å². The van der Waals surface area contributed by atoms with Crippen LogP contribution in [0.2, 0.25) is 0 Å². The molecule has 1 aromatic heterocycles. The molecule has 94 valence electrons. The van der Waals surface area contributed by atoms with Crippen molar-refractivity contribution < 1.29 is 0 Å². The fourth-order valence-electron chi connectivity index (χ4n) is 1.61. The Bertz CT molecular complexity index is 514. The van der Waals surface area contributed by atoms with Crippen LogP contribution in [0.3, 0.4) is 0 Å². The number of halogens is 1. The summed E-state index contributed by atoms with van der Waals surface area (Å²) in [5.74, 6) is 0. The molecule has 0 radical (unpaired) electrons. The fourth-order valence-corrected chi connectivity index (χ4v) is 2.82. The van der Waals surface area contributed by atoms with Gasteiger partial charge in [0.05, 0.1) is 0 Å². The second kappa shape index (κ2) is 6.88. The lowest BCUT2D eigenvalue weighted by atomic mass is 10.2. The maximum absolute atomic E-state index is 3.46. The van der Waals surface area contributed by atoms with E-state index in [1.54, 1.807) is 0 Å². The van der Waals surface area contributed by atoms with E-state index in [1.807, 2.05) is 11.3 Å². The molecule has 1 nitrogen and oxygen atoms in total. The maximum Gasteiger partial charge on any atom is 0.0349 e. The molecule has 2 rings (SSSR count). The molecule has 0 saturated carbocycles. The molecular weight excluding hydrogens is 306 g/mol. The SMILES string of the molecule is CCNCC=Cc1ccc(-c2ccc(Br)cc2)s1. The molecule has 0 aliphatic carbocycles. The van der Waals surface area contributed by atoms with E-state index < -0.39 is 0 Å². The van der Waals surface area contributed by atoms with Crippen LogP contribution in [0, 0.1) is 0 Å². The second-order valence-corrected chi connectivity index (χ2v) is 5.95. The highest BCUT2D eigenvalue weighted by atomic mass is 79.9. The Balaban J connectivity index is 2.06. The summed E-state index contributed by atoms with van der Waals surface area (Å²) < 4.78 is 1.12. The van der Waals surface area contributed by atoms with Crippen molar-refractivity contribution >= 4 is 33.3 Å². The molecule has 0 spiro atoms.